The molecule has 0 aromatic carbocycles. The monoisotopic (exact) mass is 215 g/mol. The van der Waals surface area contributed by atoms with Gasteiger partial charge in [0.05, 0.1) is 6.04 Å². The van der Waals surface area contributed by atoms with Crippen molar-refractivity contribution in [2.75, 3.05) is 11.5 Å². The van der Waals surface area contributed by atoms with Crippen LogP contribution < -0.4 is 10.6 Å². The zero-order valence-electron chi connectivity index (χ0n) is 8.16. The summed E-state index contributed by atoms with van der Waals surface area (Å²) in [7, 11) is 0. The number of carbonyl (C=O) groups is 2. The second-order valence-corrected chi connectivity index (χ2v) is 4.21. The van der Waals surface area contributed by atoms with Gasteiger partial charge in [0.1, 0.15) is 0 Å². The Hall–Kier alpha value is -1.04. The van der Waals surface area contributed by atoms with E-state index in [1.165, 1.54) is 0 Å². The Kier molecular flexibility index (Phi) is 3.94. The highest BCUT2D eigenvalue weighted by Gasteiger charge is 2.25. The molecule has 1 rings (SSSR count). The highest BCUT2D eigenvalue weighted by atomic mass is 32.2. The fourth-order valence-corrected chi connectivity index (χ4v) is 1.62. The maximum absolute atomic E-state index is 10.8. The molecule has 1 atom stereocenters. The van der Waals surface area contributed by atoms with Crippen LogP contribution in [0.1, 0.15) is 13.8 Å². The van der Waals surface area contributed by atoms with Crippen molar-refractivity contribution in [3.05, 3.63) is 0 Å². The molecule has 1 aliphatic rings. The van der Waals surface area contributed by atoms with Crippen molar-refractivity contribution in [2.24, 2.45) is 4.99 Å². The summed E-state index contributed by atoms with van der Waals surface area (Å²) in [4.78, 5) is 25.7. The number of nitrogens with one attached hydrogen (secondary N) is 2. The Bertz CT molecular complexity index is 260. The molecule has 0 aliphatic carbocycles. The second-order valence-electron chi connectivity index (χ2n) is 2.89. The molecular weight excluding hydrogens is 202 g/mol. The maximum Gasteiger partial charge on any atom is 0.316 e. The molecule has 1 heterocycles. The van der Waals surface area contributed by atoms with E-state index < -0.39 is 11.8 Å². The number of thioether (sulfide) groups is 1. The van der Waals surface area contributed by atoms with E-state index in [0.29, 0.717) is 0 Å². The van der Waals surface area contributed by atoms with Crippen LogP contribution in [0.5, 0.6) is 0 Å². The van der Waals surface area contributed by atoms with Gasteiger partial charge in [-0.3, -0.25) is 20.2 Å². The lowest BCUT2D eigenvalue weighted by Crippen LogP contribution is -2.27. The number of rotatable bonds is 4. The molecule has 14 heavy (non-hydrogen) atoms. The van der Waals surface area contributed by atoms with Crippen LogP contribution in [0.15, 0.2) is 4.99 Å². The average Bonchev–Trinajstić information content (AvgIpc) is 2.42. The molecule has 2 amide bonds. The van der Waals surface area contributed by atoms with Crippen LogP contribution in [0.25, 0.3) is 0 Å². The quantitative estimate of drug-likeness (QED) is 0.634. The zero-order valence-corrected chi connectivity index (χ0v) is 8.98. The van der Waals surface area contributed by atoms with Gasteiger partial charge in [-0.2, -0.15) is 11.8 Å². The van der Waals surface area contributed by atoms with Crippen LogP contribution in [0, 0.1) is 0 Å². The summed E-state index contributed by atoms with van der Waals surface area (Å²) in [5.74, 6) is 0.905. The van der Waals surface area contributed by atoms with Gasteiger partial charge in [0.15, 0.2) is 0 Å². The van der Waals surface area contributed by atoms with E-state index in [4.69, 9.17) is 0 Å². The molecule has 1 unspecified atom stereocenters. The van der Waals surface area contributed by atoms with Crippen molar-refractivity contribution < 1.29 is 9.59 Å². The van der Waals surface area contributed by atoms with Crippen LogP contribution in [0.3, 0.4) is 0 Å². The largest absolute Gasteiger partial charge is 0.316 e. The standard InChI is InChI=1S/C8H13N3O2S/c1-3-14-4-5(2)9-8-10-6(12)7(13)11-8/h5H,3-4H2,1-2H3,(H2,9,10,11,12,13). The smallest absolute Gasteiger partial charge is 0.288 e. The lowest BCUT2D eigenvalue weighted by Gasteiger charge is -2.05. The fraction of sp³-hybridized carbons (Fsp3) is 0.625. The van der Waals surface area contributed by atoms with E-state index in [9.17, 15) is 9.59 Å². The van der Waals surface area contributed by atoms with Gasteiger partial charge in [-0.25, -0.2) is 4.99 Å². The third-order valence-corrected chi connectivity index (χ3v) is 2.71. The number of hydrogen-bond donors (Lipinski definition) is 2. The molecule has 78 valence electrons. The number of amides is 2. The number of aliphatic imine (C=N–C) groups is 1. The number of guanidine groups is 1. The lowest BCUT2D eigenvalue weighted by molar-refractivity contribution is -0.135. The number of nitrogens with zero attached hydrogens (tertiary/aromatic N) is 1. The Labute approximate surface area is 86.7 Å². The molecule has 1 fully saturated rings. The average molecular weight is 215 g/mol. The minimum atomic E-state index is -0.640. The summed E-state index contributed by atoms with van der Waals surface area (Å²) in [5, 5.41) is 4.70. The summed E-state index contributed by atoms with van der Waals surface area (Å²) >= 11 is 1.77. The van der Waals surface area contributed by atoms with E-state index >= 15 is 0 Å². The molecular formula is C8H13N3O2S. The Balaban J connectivity index is 2.45. The van der Waals surface area contributed by atoms with Crippen molar-refractivity contribution in [3.63, 3.8) is 0 Å². The molecule has 5 nitrogen and oxygen atoms in total. The van der Waals surface area contributed by atoms with Crippen molar-refractivity contribution >= 4 is 29.5 Å². The van der Waals surface area contributed by atoms with Crippen LogP contribution >= 0.6 is 11.8 Å². The van der Waals surface area contributed by atoms with Crippen LogP contribution in [-0.4, -0.2) is 35.3 Å². The van der Waals surface area contributed by atoms with E-state index in [0.717, 1.165) is 11.5 Å². The topological polar surface area (TPSA) is 70.6 Å². The van der Waals surface area contributed by atoms with Gasteiger partial charge in [-0.15, -0.1) is 0 Å². The molecule has 1 saturated heterocycles. The van der Waals surface area contributed by atoms with E-state index in [1.807, 2.05) is 6.92 Å². The van der Waals surface area contributed by atoms with Gasteiger partial charge in [-0.1, -0.05) is 6.92 Å². The summed E-state index contributed by atoms with van der Waals surface area (Å²) in [6.07, 6.45) is 0. The minimum absolute atomic E-state index is 0.0913. The highest BCUT2D eigenvalue weighted by Crippen LogP contribution is 2.04. The predicted octanol–water partition coefficient (Wildman–Crippen LogP) is -0.270. The van der Waals surface area contributed by atoms with Crippen molar-refractivity contribution in [1.82, 2.24) is 10.6 Å². The summed E-state index contributed by atoms with van der Waals surface area (Å²) in [6, 6.07) is 0.0913. The highest BCUT2D eigenvalue weighted by molar-refractivity contribution is 7.99. The van der Waals surface area contributed by atoms with Crippen molar-refractivity contribution in [1.29, 1.82) is 0 Å². The van der Waals surface area contributed by atoms with Gasteiger partial charge in [0, 0.05) is 5.75 Å². The lowest BCUT2D eigenvalue weighted by atomic mass is 10.4. The predicted molar refractivity (Wildman–Crippen MR) is 56.2 cm³/mol. The van der Waals surface area contributed by atoms with Crippen LogP contribution in [-0.2, 0) is 9.59 Å². The zero-order chi connectivity index (χ0) is 10.6. The summed E-state index contributed by atoms with van der Waals surface area (Å²) < 4.78 is 0. The maximum atomic E-state index is 10.8. The molecule has 1 aliphatic heterocycles. The number of carbonyl (C=O) groups excluding carboxylic acids is 2. The first-order chi connectivity index (χ1) is 6.63. The molecule has 0 spiro atoms. The Morgan fingerprint density at radius 1 is 1.36 bits per heavy atom. The first-order valence-electron chi connectivity index (χ1n) is 4.41. The summed E-state index contributed by atoms with van der Waals surface area (Å²) in [6.45, 7) is 4.01. The van der Waals surface area contributed by atoms with Gasteiger partial charge < -0.3 is 0 Å². The van der Waals surface area contributed by atoms with Gasteiger partial charge >= 0.3 is 11.8 Å². The summed E-state index contributed by atoms with van der Waals surface area (Å²) in [5.41, 5.74) is 0. The van der Waals surface area contributed by atoms with Crippen molar-refractivity contribution in [3.8, 4) is 0 Å². The Morgan fingerprint density at radius 3 is 2.43 bits per heavy atom. The first-order valence-corrected chi connectivity index (χ1v) is 5.56. The van der Waals surface area contributed by atoms with E-state index in [1.54, 1.807) is 11.8 Å². The minimum Gasteiger partial charge on any atom is -0.288 e. The molecule has 2 N–H and O–H groups in total. The van der Waals surface area contributed by atoms with Crippen LogP contribution in [0.4, 0.5) is 0 Å². The molecule has 0 aromatic rings. The third kappa shape index (κ3) is 3.02. The van der Waals surface area contributed by atoms with E-state index in [2.05, 4.69) is 22.5 Å². The SMILES string of the molecule is CCSCC(C)N=C1NC(=O)C(=O)N1. The number of hydrogen-bond acceptors (Lipinski definition) is 4. The molecule has 0 radical (unpaired) electrons. The van der Waals surface area contributed by atoms with Gasteiger partial charge in [0.2, 0.25) is 5.96 Å². The Morgan fingerprint density at radius 2 is 1.93 bits per heavy atom. The molecule has 6 heteroatoms. The molecule has 0 bridgehead atoms. The van der Waals surface area contributed by atoms with Gasteiger partial charge in [-0.05, 0) is 12.7 Å². The first kappa shape index (κ1) is 11.0. The normalized spacial score (nSPS) is 17.7. The molecule has 0 aromatic heterocycles. The van der Waals surface area contributed by atoms with E-state index in [-0.39, 0.29) is 12.0 Å². The second kappa shape index (κ2) is 4.99. The molecule has 0 saturated carbocycles. The van der Waals surface area contributed by atoms with Gasteiger partial charge in [0.25, 0.3) is 0 Å². The third-order valence-electron chi connectivity index (χ3n) is 1.58. The fourth-order valence-electron chi connectivity index (χ4n) is 0.970. The van der Waals surface area contributed by atoms with Crippen molar-refractivity contribution in [2.45, 2.75) is 19.9 Å². The van der Waals surface area contributed by atoms with Crippen LogP contribution in [0.2, 0.25) is 0 Å².